The lowest BCUT2D eigenvalue weighted by Crippen LogP contribution is -2.53. The van der Waals surface area contributed by atoms with Crippen LogP contribution in [0.25, 0.3) is 27.3 Å². The molecular formula is C22H23N9O4S2. The topological polar surface area (TPSA) is 183 Å². The second-order valence-corrected chi connectivity index (χ2v) is 10.8. The summed E-state index contributed by atoms with van der Waals surface area (Å²) in [4.78, 5) is 13.3. The monoisotopic (exact) mass is 541 g/mol. The second kappa shape index (κ2) is 9.20. The first-order valence-electron chi connectivity index (χ1n) is 11.4. The number of ether oxygens (including phenoxy) is 1. The van der Waals surface area contributed by atoms with Crippen LogP contribution < -0.4 is 5.73 Å². The fourth-order valence-electron chi connectivity index (χ4n) is 4.54. The summed E-state index contributed by atoms with van der Waals surface area (Å²) in [6.45, 7) is 3.20. The van der Waals surface area contributed by atoms with Gasteiger partial charge in [0.1, 0.15) is 47.7 Å². The number of anilines is 1. The Hall–Kier alpha value is -3.34. The van der Waals surface area contributed by atoms with Crippen molar-refractivity contribution >= 4 is 38.0 Å². The summed E-state index contributed by atoms with van der Waals surface area (Å²) in [5, 5.41) is 48.3. The molecular weight excluding hydrogens is 518 g/mol. The summed E-state index contributed by atoms with van der Waals surface area (Å²) in [7, 11) is 0. The maximum atomic E-state index is 11.5. The number of aliphatic hydroxyl groups is 3. The summed E-state index contributed by atoms with van der Waals surface area (Å²) in [5.41, 5.74) is 8.30. The molecule has 1 aliphatic rings. The van der Waals surface area contributed by atoms with Gasteiger partial charge in [-0.2, -0.15) is 5.10 Å². The third-order valence-electron chi connectivity index (χ3n) is 6.21. The molecule has 0 radical (unpaired) electrons. The first-order chi connectivity index (χ1) is 17.8. The van der Waals surface area contributed by atoms with E-state index in [4.69, 9.17) is 10.5 Å². The third kappa shape index (κ3) is 4.18. The van der Waals surface area contributed by atoms with Gasteiger partial charge >= 0.3 is 0 Å². The van der Waals surface area contributed by atoms with E-state index in [1.165, 1.54) is 16.0 Å². The van der Waals surface area contributed by atoms with Gasteiger partial charge in [0, 0.05) is 5.38 Å². The van der Waals surface area contributed by atoms with Crippen molar-refractivity contribution in [2.45, 2.75) is 44.3 Å². The maximum absolute atomic E-state index is 11.5. The zero-order valence-electron chi connectivity index (χ0n) is 19.7. The smallest absolute Gasteiger partial charge is 0.180 e. The SMILES string of the molecule is Cc1nc([C@@H]2OC(CO)[C@H](O)[C@H](n3cc(-c4csc(N)n4)nn3)C2O)n(-c2ccc3nc(C)sc3c2)n1. The number of benzene rings is 1. The molecule has 37 heavy (non-hydrogen) atoms. The number of nitrogens with two attached hydrogens (primary N) is 1. The van der Waals surface area contributed by atoms with E-state index in [2.05, 4.69) is 30.4 Å². The van der Waals surface area contributed by atoms with Crippen molar-refractivity contribution in [1.82, 2.24) is 39.7 Å². The van der Waals surface area contributed by atoms with E-state index in [1.54, 1.807) is 34.5 Å². The lowest BCUT2D eigenvalue weighted by atomic mass is 9.92. The third-order valence-corrected chi connectivity index (χ3v) is 7.82. The molecule has 5 atom stereocenters. The van der Waals surface area contributed by atoms with Crippen LogP contribution in [0.2, 0.25) is 0 Å². The van der Waals surface area contributed by atoms with Crippen molar-refractivity contribution in [3.05, 3.63) is 46.4 Å². The molecule has 1 aliphatic heterocycles. The molecule has 0 spiro atoms. The fourth-order valence-corrected chi connectivity index (χ4v) is 5.96. The standard InChI is InChI=1S/C22H23N9O4S2/c1-9-24-21(31(28-9)11-3-4-12-16(5-11)37-10(2)25-12)20-19(34)17(18(33)15(7-32)35-20)30-6-13(27-29-30)14-8-36-22(23)26-14/h3-6,8,15,17-20,32-34H,7H2,1-2H3,(H2,23,26)/t15?,17-,18-,19?,20+/m0/s1. The summed E-state index contributed by atoms with van der Waals surface area (Å²) in [6.07, 6.45) is -3.06. The molecule has 192 valence electrons. The lowest BCUT2D eigenvalue weighted by molar-refractivity contribution is -0.210. The normalized spacial score (nSPS) is 24.2. The van der Waals surface area contributed by atoms with Gasteiger partial charge in [-0.25, -0.2) is 24.3 Å². The summed E-state index contributed by atoms with van der Waals surface area (Å²) < 4.78 is 9.93. The van der Waals surface area contributed by atoms with Gasteiger partial charge in [-0.1, -0.05) is 5.21 Å². The molecule has 5 N–H and O–H groups in total. The van der Waals surface area contributed by atoms with E-state index in [0.29, 0.717) is 28.2 Å². The number of thiazole rings is 2. The van der Waals surface area contributed by atoms with Crippen LogP contribution in [0.1, 0.15) is 28.8 Å². The van der Waals surface area contributed by atoms with E-state index < -0.39 is 37.1 Å². The van der Waals surface area contributed by atoms with Gasteiger partial charge in [0.05, 0.1) is 33.7 Å². The van der Waals surface area contributed by atoms with Crippen molar-refractivity contribution in [3.63, 3.8) is 0 Å². The summed E-state index contributed by atoms with van der Waals surface area (Å²) >= 11 is 2.83. The van der Waals surface area contributed by atoms with Crippen molar-refractivity contribution in [2.75, 3.05) is 12.3 Å². The van der Waals surface area contributed by atoms with Crippen molar-refractivity contribution in [1.29, 1.82) is 0 Å². The van der Waals surface area contributed by atoms with Gasteiger partial charge in [0.2, 0.25) is 0 Å². The largest absolute Gasteiger partial charge is 0.394 e. The van der Waals surface area contributed by atoms with Crippen LogP contribution in [0, 0.1) is 13.8 Å². The van der Waals surface area contributed by atoms with E-state index >= 15 is 0 Å². The predicted octanol–water partition coefficient (Wildman–Crippen LogP) is 1.19. The first-order valence-corrected chi connectivity index (χ1v) is 13.1. The van der Waals surface area contributed by atoms with Crippen LogP contribution in [-0.4, -0.2) is 80.0 Å². The molecule has 0 saturated carbocycles. The highest BCUT2D eigenvalue weighted by Gasteiger charge is 2.48. The van der Waals surface area contributed by atoms with E-state index in [-0.39, 0.29) is 0 Å². The Morgan fingerprint density at radius 3 is 2.70 bits per heavy atom. The molecule has 0 bridgehead atoms. The van der Waals surface area contributed by atoms with Crippen molar-refractivity contribution in [3.8, 4) is 17.1 Å². The number of aryl methyl sites for hydroxylation is 2. The number of aromatic nitrogens is 8. The van der Waals surface area contributed by atoms with Crippen LogP contribution in [0.5, 0.6) is 0 Å². The number of fused-ring (bicyclic) bond motifs is 1. The fraction of sp³-hybridized carbons (Fsp3) is 0.364. The van der Waals surface area contributed by atoms with Crippen LogP contribution in [-0.2, 0) is 4.74 Å². The Morgan fingerprint density at radius 2 is 1.95 bits per heavy atom. The highest BCUT2D eigenvalue weighted by molar-refractivity contribution is 7.18. The average molecular weight is 542 g/mol. The van der Waals surface area contributed by atoms with Crippen molar-refractivity contribution in [2.24, 2.45) is 0 Å². The molecule has 13 nitrogen and oxygen atoms in total. The average Bonchev–Trinajstić information content (AvgIpc) is 3.65. The lowest BCUT2D eigenvalue weighted by Gasteiger charge is -2.41. The summed E-state index contributed by atoms with van der Waals surface area (Å²) in [5.74, 6) is 0.798. The van der Waals surface area contributed by atoms with Gasteiger partial charge < -0.3 is 25.8 Å². The van der Waals surface area contributed by atoms with E-state index in [0.717, 1.165) is 20.9 Å². The minimum absolute atomic E-state index is 0.327. The molecule has 1 fully saturated rings. The molecule has 1 aromatic carbocycles. The highest BCUT2D eigenvalue weighted by Crippen LogP contribution is 2.39. The van der Waals surface area contributed by atoms with E-state index in [1.807, 2.05) is 25.1 Å². The zero-order valence-corrected chi connectivity index (χ0v) is 21.3. The first kappa shape index (κ1) is 24.0. The quantitative estimate of drug-likeness (QED) is 0.251. The molecule has 5 heterocycles. The number of rotatable bonds is 5. The Kier molecular flexibility index (Phi) is 5.97. The number of nitrogens with zero attached hydrogens (tertiary/aromatic N) is 8. The number of hydrogen-bond donors (Lipinski definition) is 4. The molecule has 5 aromatic rings. The van der Waals surface area contributed by atoms with Crippen LogP contribution >= 0.6 is 22.7 Å². The summed E-state index contributed by atoms with van der Waals surface area (Å²) in [6, 6.07) is 4.72. The molecule has 0 amide bonds. The highest BCUT2D eigenvalue weighted by atomic mass is 32.1. The van der Waals surface area contributed by atoms with Gasteiger partial charge in [0.25, 0.3) is 0 Å². The second-order valence-electron chi connectivity index (χ2n) is 8.72. The molecule has 15 heteroatoms. The zero-order chi connectivity index (χ0) is 25.8. The van der Waals surface area contributed by atoms with E-state index in [9.17, 15) is 15.3 Å². The van der Waals surface area contributed by atoms with Gasteiger partial charge in [0.15, 0.2) is 11.0 Å². The Bertz CT molecular complexity index is 1580. The van der Waals surface area contributed by atoms with Crippen LogP contribution in [0.3, 0.4) is 0 Å². The number of hydrogen-bond acceptors (Lipinski definition) is 13. The molecule has 2 unspecified atom stereocenters. The Morgan fingerprint density at radius 1 is 1.11 bits per heavy atom. The van der Waals surface area contributed by atoms with Gasteiger partial charge in [-0.05, 0) is 32.0 Å². The molecule has 1 saturated heterocycles. The minimum Gasteiger partial charge on any atom is -0.394 e. The molecule has 6 rings (SSSR count). The van der Waals surface area contributed by atoms with Gasteiger partial charge in [-0.15, -0.1) is 27.8 Å². The Labute approximate surface area is 217 Å². The molecule has 0 aliphatic carbocycles. The molecule has 4 aromatic heterocycles. The maximum Gasteiger partial charge on any atom is 0.180 e. The van der Waals surface area contributed by atoms with Gasteiger partial charge in [-0.3, -0.25) is 0 Å². The number of nitrogen functional groups attached to an aromatic ring is 1. The predicted molar refractivity (Wildman–Crippen MR) is 135 cm³/mol. The van der Waals surface area contributed by atoms with Crippen LogP contribution in [0.4, 0.5) is 5.13 Å². The minimum atomic E-state index is -1.30. The Balaban J connectivity index is 1.39. The van der Waals surface area contributed by atoms with Crippen molar-refractivity contribution < 1.29 is 20.1 Å². The number of aliphatic hydroxyl groups excluding tert-OH is 3. The van der Waals surface area contributed by atoms with Crippen LogP contribution in [0.15, 0.2) is 29.8 Å².